The number of piperazine rings is 1. The highest BCUT2D eigenvalue weighted by Gasteiger charge is 2.25. The molecule has 5 nitrogen and oxygen atoms in total. The van der Waals surface area contributed by atoms with Crippen molar-refractivity contribution in [1.29, 1.82) is 0 Å². The number of rotatable bonds is 4. The fraction of sp³-hybridized carbons (Fsp3) is 0.333. The average Bonchev–Trinajstić information content (AvgIpc) is 3.28. The zero-order valence-corrected chi connectivity index (χ0v) is 17.5. The predicted molar refractivity (Wildman–Crippen MR) is 112 cm³/mol. The Labute approximate surface area is 173 Å². The first kappa shape index (κ1) is 19.2. The molecule has 0 aliphatic carbocycles. The van der Waals surface area contributed by atoms with Crippen LogP contribution in [0.5, 0.6) is 0 Å². The summed E-state index contributed by atoms with van der Waals surface area (Å²) in [5.74, 6) is 1.53. The second-order valence-electron chi connectivity index (χ2n) is 7.02. The number of nitrogens with zero attached hydrogens (tertiary/aromatic N) is 3. The molecule has 1 aliphatic rings. The molecule has 0 bridgehead atoms. The lowest BCUT2D eigenvalue weighted by molar-refractivity contribution is 0.0625. The SMILES string of the molecule is Cc1cc(C(=O)N2CCN(Cc3csc(-c4ccccc4Cl)n3)CC2)c(C)o1. The number of amides is 1. The maximum atomic E-state index is 12.7. The molecule has 3 heterocycles. The van der Waals surface area contributed by atoms with Crippen LogP contribution < -0.4 is 0 Å². The highest BCUT2D eigenvalue weighted by atomic mass is 35.5. The molecule has 146 valence electrons. The van der Waals surface area contributed by atoms with Crippen molar-refractivity contribution in [2.24, 2.45) is 0 Å². The molecule has 7 heteroatoms. The Hall–Kier alpha value is -2.15. The van der Waals surface area contributed by atoms with Crippen LogP contribution in [0, 0.1) is 13.8 Å². The second kappa shape index (κ2) is 8.07. The third kappa shape index (κ3) is 3.99. The molecule has 0 unspecified atom stereocenters. The van der Waals surface area contributed by atoms with Crippen molar-refractivity contribution in [2.45, 2.75) is 20.4 Å². The monoisotopic (exact) mass is 415 g/mol. The molecule has 0 N–H and O–H groups in total. The van der Waals surface area contributed by atoms with Gasteiger partial charge in [-0.15, -0.1) is 11.3 Å². The van der Waals surface area contributed by atoms with Gasteiger partial charge < -0.3 is 9.32 Å². The first-order chi connectivity index (χ1) is 13.5. The van der Waals surface area contributed by atoms with Gasteiger partial charge in [0.15, 0.2) is 0 Å². The maximum absolute atomic E-state index is 12.7. The number of carbonyl (C=O) groups is 1. The van der Waals surface area contributed by atoms with E-state index in [1.165, 1.54) is 0 Å². The van der Waals surface area contributed by atoms with E-state index in [9.17, 15) is 4.79 Å². The zero-order chi connectivity index (χ0) is 19.7. The number of aromatic nitrogens is 1. The molecule has 0 saturated carbocycles. The van der Waals surface area contributed by atoms with Crippen LogP contribution in [0.2, 0.25) is 5.02 Å². The normalized spacial score (nSPS) is 15.2. The molecule has 28 heavy (non-hydrogen) atoms. The van der Waals surface area contributed by atoms with E-state index in [0.717, 1.165) is 46.7 Å². The van der Waals surface area contributed by atoms with Crippen molar-refractivity contribution >= 4 is 28.8 Å². The van der Waals surface area contributed by atoms with E-state index in [1.807, 2.05) is 49.1 Å². The van der Waals surface area contributed by atoms with Crippen molar-refractivity contribution in [3.63, 3.8) is 0 Å². The average molecular weight is 416 g/mol. The smallest absolute Gasteiger partial charge is 0.257 e. The lowest BCUT2D eigenvalue weighted by Crippen LogP contribution is -2.48. The van der Waals surface area contributed by atoms with E-state index in [2.05, 4.69) is 10.3 Å². The highest BCUT2D eigenvalue weighted by Crippen LogP contribution is 2.30. The summed E-state index contributed by atoms with van der Waals surface area (Å²) < 4.78 is 5.50. The molecule has 0 radical (unpaired) electrons. The Morgan fingerprint density at radius 3 is 2.64 bits per heavy atom. The number of thiazole rings is 1. The highest BCUT2D eigenvalue weighted by molar-refractivity contribution is 7.13. The quantitative estimate of drug-likeness (QED) is 0.623. The van der Waals surface area contributed by atoms with Crippen LogP contribution in [0.3, 0.4) is 0 Å². The molecular weight excluding hydrogens is 394 g/mol. The number of hydrogen-bond donors (Lipinski definition) is 0. The summed E-state index contributed by atoms with van der Waals surface area (Å²) in [5, 5.41) is 3.76. The van der Waals surface area contributed by atoms with E-state index in [-0.39, 0.29) is 5.91 Å². The predicted octanol–water partition coefficient (Wildman–Crippen LogP) is 4.63. The van der Waals surface area contributed by atoms with Gasteiger partial charge in [-0.2, -0.15) is 0 Å². The number of halogens is 1. The lowest BCUT2D eigenvalue weighted by Gasteiger charge is -2.34. The van der Waals surface area contributed by atoms with Gasteiger partial charge in [0.2, 0.25) is 0 Å². The van der Waals surface area contributed by atoms with Crippen molar-refractivity contribution in [3.05, 3.63) is 63.5 Å². The number of benzene rings is 1. The Bertz CT molecular complexity index is 989. The number of furan rings is 1. The largest absolute Gasteiger partial charge is 0.466 e. The second-order valence-corrected chi connectivity index (χ2v) is 8.28. The van der Waals surface area contributed by atoms with E-state index in [4.69, 9.17) is 21.0 Å². The first-order valence-corrected chi connectivity index (χ1v) is 10.5. The summed E-state index contributed by atoms with van der Waals surface area (Å²) in [6.45, 7) is 7.59. The van der Waals surface area contributed by atoms with Gasteiger partial charge in [-0.25, -0.2) is 4.98 Å². The van der Waals surface area contributed by atoms with Crippen LogP contribution >= 0.6 is 22.9 Å². The summed E-state index contributed by atoms with van der Waals surface area (Å²) in [7, 11) is 0. The third-order valence-electron chi connectivity index (χ3n) is 4.97. The van der Waals surface area contributed by atoms with E-state index in [0.29, 0.717) is 24.4 Å². The first-order valence-electron chi connectivity index (χ1n) is 9.29. The number of hydrogen-bond acceptors (Lipinski definition) is 5. The Morgan fingerprint density at radius 1 is 1.21 bits per heavy atom. The molecule has 4 rings (SSSR count). The van der Waals surface area contributed by atoms with Crippen LogP contribution in [-0.4, -0.2) is 46.9 Å². The Morgan fingerprint density at radius 2 is 1.96 bits per heavy atom. The molecule has 1 saturated heterocycles. The summed E-state index contributed by atoms with van der Waals surface area (Å²) >= 11 is 7.90. The van der Waals surface area contributed by atoms with Gasteiger partial charge >= 0.3 is 0 Å². The summed E-state index contributed by atoms with van der Waals surface area (Å²) in [4.78, 5) is 21.7. The van der Waals surface area contributed by atoms with Crippen LogP contribution in [0.4, 0.5) is 0 Å². The van der Waals surface area contributed by atoms with E-state index in [1.54, 1.807) is 11.3 Å². The Kier molecular flexibility index (Phi) is 5.53. The zero-order valence-electron chi connectivity index (χ0n) is 15.9. The van der Waals surface area contributed by atoms with Gasteiger partial charge in [0.05, 0.1) is 16.3 Å². The molecule has 1 amide bonds. The van der Waals surface area contributed by atoms with Gasteiger partial charge in [-0.3, -0.25) is 9.69 Å². The fourth-order valence-electron chi connectivity index (χ4n) is 3.49. The van der Waals surface area contributed by atoms with Crippen molar-refractivity contribution in [2.75, 3.05) is 26.2 Å². The molecule has 3 aromatic rings. The van der Waals surface area contributed by atoms with Gasteiger partial charge in [0, 0.05) is 43.7 Å². The molecule has 1 fully saturated rings. The topological polar surface area (TPSA) is 49.6 Å². The van der Waals surface area contributed by atoms with Crippen LogP contribution in [0.1, 0.15) is 27.6 Å². The minimum Gasteiger partial charge on any atom is -0.466 e. The molecule has 1 aromatic carbocycles. The van der Waals surface area contributed by atoms with Crippen molar-refractivity contribution < 1.29 is 9.21 Å². The standard InChI is InChI=1S/C21H22ClN3O2S/c1-14-11-18(15(2)27-14)21(26)25-9-7-24(8-10-25)12-16-13-28-20(23-16)17-5-3-4-6-19(17)22/h3-6,11,13H,7-10,12H2,1-2H3. The molecular formula is C21H22ClN3O2S. The van der Waals surface area contributed by atoms with Crippen LogP contribution in [-0.2, 0) is 6.54 Å². The van der Waals surface area contributed by atoms with Crippen LogP contribution in [0.15, 0.2) is 40.1 Å². The number of carbonyl (C=O) groups excluding carboxylic acids is 1. The van der Waals surface area contributed by atoms with E-state index >= 15 is 0 Å². The van der Waals surface area contributed by atoms with Crippen molar-refractivity contribution in [3.8, 4) is 10.6 Å². The van der Waals surface area contributed by atoms with Crippen LogP contribution in [0.25, 0.3) is 10.6 Å². The number of aryl methyl sites for hydroxylation is 2. The lowest BCUT2D eigenvalue weighted by atomic mass is 10.2. The third-order valence-corrected chi connectivity index (χ3v) is 6.23. The molecule has 1 aliphatic heterocycles. The van der Waals surface area contributed by atoms with Gasteiger partial charge in [-0.05, 0) is 26.0 Å². The molecule has 2 aromatic heterocycles. The summed E-state index contributed by atoms with van der Waals surface area (Å²) in [6.07, 6.45) is 0. The van der Waals surface area contributed by atoms with Gasteiger partial charge in [0.25, 0.3) is 5.91 Å². The van der Waals surface area contributed by atoms with E-state index < -0.39 is 0 Å². The molecule has 0 spiro atoms. The fourth-order valence-corrected chi connectivity index (χ4v) is 4.62. The molecule has 0 atom stereocenters. The van der Waals surface area contributed by atoms with Gasteiger partial charge in [0.1, 0.15) is 16.5 Å². The summed E-state index contributed by atoms with van der Waals surface area (Å²) in [6, 6.07) is 9.61. The van der Waals surface area contributed by atoms with Crippen molar-refractivity contribution in [1.82, 2.24) is 14.8 Å². The minimum atomic E-state index is 0.0589. The Balaban J connectivity index is 1.36. The summed E-state index contributed by atoms with van der Waals surface area (Å²) in [5.41, 5.74) is 2.69. The van der Waals surface area contributed by atoms with Gasteiger partial charge in [-0.1, -0.05) is 29.8 Å². The minimum absolute atomic E-state index is 0.0589. The maximum Gasteiger partial charge on any atom is 0.257 e.